The molecule has 2 aromatic carbocycles. The van der Waals surface area contributed by atoms with Crippen molar-refractivity contribution >= 4 is 51.6 Å². The summed E-state index contributed by atoms with van der Waals surface area (Å²) in [5, 5.41) is 14.1. The van der Waals surface area contributed by atoms with Gasteiger partial charge in [-0.3, -0.25) is 14.9 Å². The fraction of sp³-hybridized carbons (Fsp3) is 0.158. The van der Waals surface area contributed by atoms with Crippen molar-refractivity contribution in [2.75, 3.05) is 17.9 Å². The fourth-order valence-corrected chi connectivity index (χ4v) is 4.36. The minimum atomic E-state index is -0.366. The van der Waals surface area contributed by atoms with Crippen LogP contribution in [-0.4, -0.2) is 34.6 Å². The maximum absolute atomic E-state index is 12.3. The van der Waals surface area contributed by atoms with Crippen LogP contribution in [0.2, 0.25) is 5.02 Å². The zero-order valence-corrected chi connectivity index (χ0v) is 17.8. The Balaban J connectivity index is 1.24. The normalized spacial score (nSPS) is 11.9. The molecule has 30 heavy (non-hydrogen) atoms. The molecule has 0 saturated heterocycles. The van der Waals surface area contributed by atoms with Crippen molar-refractivity contribution in [1.29, 1.82) is 0 Å². The van der Waals surface area contributed by atoms with Crippen molar-refractivity contribution in [3.8, 4) is 11.5 Å². The fourth-order valence-electron chi connectivity index (χ4n) is 2.56. The summed E-state index contributed by atoms with van der Waals surface area (Å²) in [5.41, 5.74) is 1.27. The number of carbonyl (C=O) groups excluding carboxylic acids is 2. The number of hydrogen-bond donors (Lipinski definition) is 2. The van der Waals surface area contributed by atoms with E-state index in [1.54, 1.807) is 24.3 Å². The molecule has 0 bridgehead atoms. The number of halogens is 1. The highest BCUT2D eigenvalue weighted by Gasteiger charge is 2.15. The van der Waals surface area contributed by atoms with Gasteiger partial charge in [0.25, 0.3) is 5.91 Å². The lowest BCUT2D eigenvalue weighted by Gasteiger charge is -2.05. The van der Waals surface area contributed by atoms with Gasteiger partial charge in [-0.1, -0.05) is 52.9 Å². The van der Waals surface area contributed by atoms with E-state index in [4.69, 9.17) is 21.1 Å². The number of anilines is 1. The molecule has 1 aliphatic rings. The van der Waals surface area contributed by atoms with Crippen LogP contribution in [0.4, 0.5) is 5.13 Å². The van der Waals surface area contributed by atoms with Crippen molar-refractivity contribution in [2.24, 2.45) is 0 Å². The summed E-state index contributed by atoms with van der Waals surface area (Å²) >= 11 is 8.45. The molecule has 154 valence electrons. The van der Waals surface area contributed by atoms with Crippen LogP contribution < -0.4 is 20.1 Å². The molecular weight excluding hydrogens is 448 g/mol. The van der Waals surface area contributed by atoms with E-state index in [1.807, 2.05) is 18.2 Å². The predicted octanol–water partition coefficient (Wildman–Crippen LogP) is 3.58. The van der Waals surface area contributed by atoms with Crippen LogP contribution in [0.5, 0.6) is 11.5 Å². The number of thioether (sulfide) groups is 1. The number of nitrogens with zero attached hydrogens (tertiary/aromatic N) is 2. The topological polar surface area (TPSA) is 102 Å². The Kier molecular flexibility index (Phi) is 6.36. The molecule has 2 N–H and O–H groups in total. The summed E-state index contributed by atoms with van der Waals surface area (Å²) in [4.78, 5) is 24.4. The molecule has 11 heteroatoms. The molecule has 2 heterocycles. The number of amides is 2. The third kappa shape index (κ3) is 5.02. The van der Waals surface area contributed by atoms with E-state index in [0.29, 0.717) is 38.1 Å². The van der Waals surface area contributed by atoms with Crippen LogP contribution in [0.25, 0.3) is 0 Å². The Morgan fingerprint density at radius 1 is 1.13 bits per heavy atom. The van der Waals surface area contributed by atoms with E-state index in [1.165, 1.54) is 23.1 Å². The second-order valence-electron chi connectivity index (χ2n) is 6.06. The average molecular weight is 463 g/mol. The molecule has 0 radical (unpaired) electrons. The van der Waals surface area contributed by atoms with Gasteiger partial charge >= 0.3 is 0 Å². The van der Waals surface area contributed by atoms with Gasteiger partial charge in [-0.05, 0) is 29.8 Å². The van der Waals surface area contributed by atoms with Crippen molar-refractivity contribution < 1.29 is 19.1 Å². The number of aromatic nitrogens is 2. The largest absolute Gasteiger partial charge is 0.454 e. The quantitative estimate of drug-likeness (QED) is 0.408. The molecule has 2 amide bonds. The third-order valence-electron chi connectivity index (χ3n) is 4.00. The van der Waals surface area contributed by atoms with Crippen LogP contribution in [0.1, 0.15) is 15.9 Å². The van der Waals surface area contributed by atoms with Gasteiger partial charge in [-0.15, -0.1) is 10.2 Å². The first-order valence-corrected chi connectivity index (χ1v) is 10.9. The minimum absolute atomic E-state index is 0.144. The molecule has 1 aromatic heterocycles. The Morgan fingerprint density at radius 2 is 1.97 bits per heavy atom. The van der Waals surface area contributed by atoms with E-state index in [0.717, 1.165) is 5.56 Å². The summed E-state index contributed by atoms with van der Waals surface area (Å²) in [7, 11) is 0. The lowest BCUT2D eigenvalue weighted by molar-refractivity contribution is -0.118. The molecule has 0 spiro atoms. The first-order valence-electron chi connectivity index (χ1n) is 8.76. The monoisotopic (exact) mass is 462 g/mol. The SMILES string of the molecule is O=C(CSc1nnc(NC(=O)c2ccccc2Cl)s1)NCc1ccc2c(c1)OCO2. The smallest absolute Gasteiger partial charge is 0.259 e. The van der Waals surface area contributed by atoms with Crippen LogP contribution in [0.3, 0.4) is 0 Å². The summed E-state index contributed by atoms with van der Waals surface area (Å²) in [6.45, 7) is 0.593. The lowest BCUT2D eigenvalue weighted by Crippen LogP contribution is -2.24. The Hall–Kier alpha value is -2.82. The van der Waals surface area contributed by atoms with E-state index in [9.17, 15) is 9.59 Å². The van der Waals surface area contributed by atoms with Gasteiger partial charge in [0.1, 0.15) is 0 Å². The molecule has 3 aromatic rings. The zero-order valence-electron chi connectivity index (χ0n) is 15.4. The molecule has 8 nitrogen and oxygen atoms in total. The van der Waals surface area contributed by atoms with Gasteiger partial charge in [0.2, 0.25) is 17.8 Å². The highest BCUT2D eigenvalue weighted by Crippen LogP contribution is 2.32. The van der Waals surface area contributed by atoms with Gasteiger partial charge in [-0.2, -0.15) is 0 Å². The first-order chi connectivity index (χ1) is 14.6. The first kappa shape index (κ1) is 20.5. The molecular formula is C19H15ClN4O4S2. The van der Waals surface area contributed by atoms with E-state index in [2.05, 4.69) is 20.8 Å². The maximum Gasteiger partial charge on any atom is 0.259 e. The zero-order chi connectivity index (χ0) is 20.9. The summed E-state index contributed by atoms with van der Waals surface area (Å²) in [6.07, 6.45) is 0. The third-order valence-corrected chi connectivity index (χ3v) is 6.30. The highest BCUT2D eigenvalue weighted by atomic mass is 35.5. The lowest BCUT2D eigenvalue weighted by atomic mass is 10.2. The molecule has 4 rings (SSSR count). The average Bonchev–Trinajstić information content (AvgIpc) is 3.39. The predicted molar refractivity (Wildman–Crippen MR) is 114 cm³/mol. The van der Waals surface area contributed by atoms with Gasteiger partial charge < -0.3 is 14.8 Å². The Labute approximate surface area is 184 Å². The van der Waals surface area contributed by atoms with Crippen molar-refractivity contribution in [1.82, 2.24) is 15.5 Å². The summed E-state index contributed by atoms with van der Waals surface area (Å²) in [6, 6.07) is 12.3. The van der Waals surface area contributed by atoms with E-state index in [-0.39, 0.29) is 24.4 Å². The second kappa shape index (κ2) is 9.33. The molecule has 0 saturated carbocycles. The van der Waals surface area contributed by atoms with E-state index < -0.39 is 0 Å². The number of nitrogens with one attached hydrogen (secondary N) is 2. The number of rotatable bonds is 7. The number of ether oxygens (including phenoxy) is 2. The standard InChI is InChI=1S/C19H15ClN4O4S2/c20-13-4-2-1-3-12(13)17(26)22-18-23-24-19(30-18)29-9-16(25)21-8-11-5-6-14-15(7-11)28-10-27-14/h1-7H,8-10H2,(H,21,25)(H,22,23,26). The van der Waals surface area contributed by atoms with Gasteiger partial charge in [0.15, 0.2) is 15.8 Å². The maximum atomic E-state index is 12.3. The number of carbonyl (C=O) groups is 2. The molecule has 0 aliphatic carbocycles. The van der Waals surface area contributed by atoms with Crippen LogP contribution >= 0.6 is 34.7 Å². The second-order valence-corrected chi connectivity index (χ2v) is 8.67. The van der Waals surface area contributed by atoms with Crippen molar-refractivity contribution in [2.45, 2.75) is 10.9 Å². The highest BCUT2D eigenvalue weighted by molar-refractivity contribution is 8.01. The molecule has 0 atom stereocenters. The number of hydrogen-bond acceptors (Lipinski definition) is 8. The number of benzene rings is 2. The van der Waals surface area contributed by atoms with Gasteiger partial charge in [0, 0.05) is 6.54 Å². The minimum Gasteiger partial charge on any atom is -0.454 e. The number of fused-ring (bicyclic) bond motifs is 1. The van der Waals surface area contributed by atoms with Crippen LogP contribution in [0, 0.1) is 0 Å². The Morgan fingerprint density at radius 3 is 2.83 bits per heavy atom. The summed E-state index contributed by atoms with van der Waals surface area (Å²) < 4.78 is 11.2. The van der Waals surface area contributed by atoms with Crippen molar-refractivity contribution in [3.63, 3.8) is 0 Å². The molecule has 1 aliphatic heterocycles. The summed E-state index contributed by atoms with van der Waals surface area (Å²) in [5.74, 6) is 1.05. The van der Waals surface area contributed by atoms with Gasteiger partial charge in [0.05, 0.1) is 16.3 Å². The molecule has 0 fully saturated rings. The molecule has 0 unspecified atom stereocenters. The van der Waals surface area contributed by atoms with Gasteiger partial charge in [-0.25, -0.2) is 0 Å². The Bertz CT molecular complexity index is 1090. The van der Waals surface area contributed by atoms with Crippen molar-refractivity contribution in [3.05, 3.63) is 58.6 Å². The van der Waals surface area contributed by atoms with Crippen LogP contribution in [0.15, 0.2) is 46.8 Å². The van der Waals surface area contributed by atoms with Crippen LogP contribution in [-0.2, 0) is 11.3 Å². The van der Waals surface area contributed by atoms with E-state index >= 15 is 0 Å².